The van der Waals surface area contributed by atoms with Gasteiger partial charge in [-0.2, -0.15) is 5.26 Å². The molecule has 0 aliphatic carbocycles. The van der Waals surface area contributed by atoms with E-state index in [9.17, 15) is 10.2 Å². The van der Waals surface area contributed by atoms with Crippen molar-refractivity contribution >= 4 is 22.9 Å². The molecular formula is C8H8ClNO2S. The van der Waals surface area contributed by atoms with Gasteiger partial charge in [0.2, 0.25) is 0 Å². The van der Waals surface area contributed by atoms with Crippen molar-refractivity contribution in [2.75, 3.05) is 0 Å². The predicted octanol–water partition coefficient (Wildman–Crippen LogP) is 1.71. The fourth-order valence-corrected chi connectivity index (χ4v) is 1.92. The van der Waals surface area contributed by atoms with Crippen LogP contribution in [-0.4, -0.2) is 16.3 Å². The molecule has 1 aromatic heterocycles. The molecule has 2 unspecified atom stereocenters. The minimum atomic E-state index is -1.07. The van der Waals surface area contributed by atoms with Gasteiger partial charge in [0.15, 0.2) is 0 Å². The highest BCUT2D eigenvalue weighted by Crippen LogP contribution is 2.30. The summed E-state index contributed by atoms with van der Waals surface area (Å²) in [7, 11) is 0. The summed E-state index contributed by atoms with van der Waals surface area (Å²) in [5.41, 5.74) is 0.481. The summed E-state index contributed by atoms with van der Waals surface area (Å²) < 4.78 is 0.449. The maximum atomic E-state index is 9.51. The van der Waals surface area contributed by atoms with E-state index < -0.39 is 12.2 Å². The molecule has 1 heterocycles. The minimum Gasteiger partial charge on any atom is -0.389 e. The zero-order chi connectivity index (χ0) is 9.84. The van der Waals surface area contributed by atoms with Crippen LogP contribution in [0.1, 0.15) is 18.1 Å². The Bertz CT molecular complexity index is 320. The number of aliphatic hydroxyl groups excluding tert-OH is 2. The zero-order valence-electron chi connectivity index (χ0n) is 6.64. The first kappa shape index (κ1) is 10.5. The Kier molecular flexibility index (Phi) is 3.70. The van der Waals surface area contributed by atoms with E-state index in [0.717, 1.165) is 0 Å². The Morgan fingerprint density at radius 1 is 1.62 bits per heavy atom. The first-order chi connectivity index (χ1) is 6.16. The monoisotopic (exact) mass is 217 g/mol. The molecule has 5 heteroatoms. The normalized spacial score (nSPS) is 14.9. The summed E-state index contributed by atoms with van der Waals surface area (Å²) in [6, 6.07) is 3.42. The van der Waals surface area contributed by atoms with Crippen molar-refractivity contribution < 1.29 is 10.2 Å². The largest absolute Gasteiger partial charge is 0.389 e. The Balaban J connectivity index is 2.74. The van der Waals surface area contributed by atoms with Crippen LogP contribution in [0.15, 0.2) is 11.4 Å². The number of nitrogens with zero attached hydrogens (tertiary/aromatic N) is 1. The molecule has 1 rings (SSSR count). The van der Waals surface area contributed by atoms with E-state index in [1.54, 1.807) is 17.5 Å². The zero-order valence-corrected chi connectivity index (χ0v) is 8.22. The van der Waals surface area contributed by atoms with Crippen LogP contribution in [0.4, 0.5) is 0 Å². The molecule has 0 spiro atoms. The second-order valence-electron chi connectivity index (χ2n) is 2.52. The summed E-state index contributed by atoms with van der Waals surface area (Å²) in [5.74, 6) is 0. The fourth-order valence-electron chi connectivity index (χ4n) is 0.928. The third kappa shape index (κ3) is 2.42. The quantitative estimate of drug-likeness (QED) is 0.810. The van der Waals surface area contributed by atoms with Gasteiger partial charge in [-0.15, -0.1) is 11.3 Å². The molecule has 2 atom stereocenters. The lowest BCUT2D eigenvalue weighted by molar-refractivity contribution is 0.0219. The first-order valence-electron chi connectivity index (χ1n) is 3.62. The molecule has 0 aromatic carbocycles. The topological polar surface area (TPSA) is 64.2 Å². The molecule has 0 amide bonds. The number of hydrogen-bond acceptors (Lipinski definition) is 4. The van der Waals surface area contributed by atoms with Gasteiger partial charge in [0.05, 0.1) is 22.9 Å². The summed E-state index contributed by atoms with van der Waals surface area (Å²) in [6.45, 7) is 0. The molecule has 3 nitrogen and oxygen atoms in total. The van der Waals surface area contributed by atoms with Crippen molar-refractivity contribution in [3.8, 4) is 6.07 Å². The van der Waals surface area contributed by atoms with E-state index in [1.807, 2.05) is 0 Å². The molecule has 0 fully saturated rings. The smallest absolute Gasteiger partial charge is 0.108 e. The van der Waals surface area contributed by atoms with Crippen LogP contribution >= 0.6 is 22.9 Å². The van der Waals surface area contributed by atoms with Crippen LogP contribution in [0.25, 0.3) is 0 Å². The molecule has 13 heavy (non-hydrogen) atoms. The number of nitriles is 1. The average molecular weight is 218 g/mol. The molecule has 0 aliphatic rings. The molecule has 0 aliphatic heterocycles. The van der Waals surface area contributed by atoms with Crippen molar-refractivity contribution in [1.82, 2.24) is 0 Å². The molecule has 70 valence electrons. The third-order valence-electron chi connectivity index (χ3n) is 1.63. The van der Waals surface area contributed by atoms with E-state index in [4.69, 9.17) is 16.9 Å². The van der Waals surface area contributed by atoms with Crippen LogP contribution in [0.2, 0.25) is 4.34 Å². The van der Waals surface area contributed by atoms with Crippen LogP contribution in [0, 0.1) is 11.3 Å². The molecule has 2 N–H and O–H groups in total. The molecule has 0 bridgehead atoms. The highest BCUT2D eigenvalue weighted by Gasteiger charge is 2.20. The number of aliphatic hydroxyl groups is 2. The maximum Gasteiger partial charge on any atom is 0.108 e. The average Bonchev–Trinajstić information content (AvgIpc) is 2.50. The SMILES string of the molecule is N#CCC(O)C(O)c1ccsc1Cl. The lowest BCUT2D eigenvalue weighted by Crippen LogP contribution is -2.17. The number of hydrogen-bond donors (Lipinski definition) is 2. The highest BCUT2D eigenvalue weighted by molar-refractivity contribution is 7.14. The van der Waals surface area contributed by atoms with Gasteiger partial charge in [0, 0.05) is 5.56 Å². The number of rotatable bonds is 3. The van der Waals surface area contributed by atoms with Crippen LogP contribution in [-0.2, 0) is 0 Å². The van der Waals surface area contributed by atoms with Gasteiger partial charge < -0.3 is 10.2 Å². The molecule has 0 radical (unpaired) electrons. The summed E-state index contributed by atoms with van der Waals surface area (Å²) >= 11 is 7.02. The Hall–Kier alpha value is -0.600. The second-order valence-corrected chi connectivity index (χ2v) is 4.04. The van der Waals surface area contributed by atoms with Crippen LogP contribution < -0.4 is 0 Å². The predicted molar refractivity (Wildman–Crippen MR) is 50.5 cm³/mol. The molecule has 0 saturated heterocycles. The van der Waals surface area contributed by atoms with Gasteiger partial charge in [0.25, 0.3) is 0 Å². The van der Waals surface area contributed by atoms with E-state index in [0.29, 0.717) is 9.90 Å². The Morgan fingerprint density at radius 3 is 2.77 bits per heavy atom. The summed E-state index contributed by atoms with van der Waals surface area (Å²) in [6.07, 6.45) is -2.25. The molecular weight excluding hydrogens is 210 g/mol. The highest BCUT2D eigenvalue weighted by atomic mass is 35.5. The van der Waals surface area contributed by atoms with Gasteiger partial charge in [-0.1, -0.05) is 11.6 Å². The standard InChI is InChI=1S/C8H8ClNO2S/c9-8-5(2-4-13-8)7(12)6(11)1-3-10/h2,4,6-7,11-12H,1H2. The van der Waals surface area contributed by atoms with Gasteiger partial charge in [-0.05, 0) is 11.4 Å². The third-order valence-corrected chi connectivity index (χ3v) is 2.83. The van der Waals surface area contributed by atoms with E-state index in [2.05, 4.69) is 0 Å². The molecule has 0 saturated carbocycles. The lowest BCUT2D eigenvalue weighted by atomic mass is 10.1. The van der Waals surface area contributed by atoms with Gasteiger partial charge in [-0.25, -0.2) is 0 Å². The van der Waals surface area contributed by atoms with Crippen LogP contribution in [0.3, 0.4) is 0 Å². The van der Waals surface area contributed by atoms with Crippen molar-refractivity contribution in [1.29, 1.82) is 5.26 Å². The molecule has 1 aromatic rings. The first-order valence-corrected chi connectivity index (χ1v) is 4.88. The minimum absolute atomic E-state index is 0.104. The fraction of sp³-hybridized carbons (Fsp3) is 0.375. The van der Waals surface area contributed by atoms with Crippen molar-refractivity contribution in [3.63, 3.8) is 0 Å². The van der Waals surface area contributed by atoms with Gasteiger partial charge in [-0.3, -0.25) is 0 Å². The van der Waals surface area contributed by atoms with Gasteiger partial charge in [0.1, 0.15) is 6.10 Å². The van der Waals surface area contributed by atoms with Crippen molar-refractivity contribution in [2.24, 2.45) is 0 Å². The van der Waals surface area contributed by atoms with E-state index >= 15 is 0 Å². The number of thiophene rings is 1. The van der Waals surface area contributed by atoms with Gasteiger partial charge >= 0.3 is 0 Å². The lowest BCUT2D eigenvalue weighted by Gasteiger charge is -2.13. The maximum absolute atomic E-state index is 9.51. The number of halogens is 1. The van der Waals surface area contributed by atoms with E-state index in [-0.39, 0.29) is 6.42 Å². The summed E-state index contributed by atoms with van der Waals surface area (Å²) in [4.78, 5) is 0. The van der Waals surface area contributed by atoms with E-state index in [1.165, 1.54) is 11.3 Å². The van der Waals surface area contributed by atoms with Crippen LogP contribution in [0.5, 0.6) is 0 Å². The summed E-state index contributed by atoms with van der Waals surface area (Å²) in [5, 5.41) is 28.8. The Labute approximate surface area is 84.8 Å². The van der Waals surface area contributed by atoms with Crippen molar-refractivity contribution in [2.45, 2.75) is 18.6 Å². The van der Waals surface area contributed by atoms with Crippen molar-refractivity contribution in [3.05, 3.63) is 21.3 Å². The second kappa shape index (κ2) is 4.58. The Morgan fingerprint density at radius 2 is 2.31 bits per heavy atom.